The molecule has 0 aliphatic rings. The van der Waals surface area contributed by atoms with Crippen molar-refractivity contribution in [2.24, 2.45) is 0 Å². The Morgan fingerprint density at radius 2 is 1.50 bits per heavy atom. The largest absolute Gasteiger partial charge is 0.478 e. The monoisotopic (exact) mass is 356 g/mol. The second-order valence-corrected chi connectivity index (χ2v) is 5.98. The number of hydrogen-bond acceptors (Lipinski definition) is 5. The first-order chi connectivity index (χ1) is 12.6. The van der Waals surface area contributed by atoms with E-state index in [2.05, 4.69) is 5.32 Å². The van der Waals surface area contributed by atoms with Crippen LogP contribution in [0.5, 0.6) is 0 Å². The summed E-state index contributed by atoms with van der Waals surface area (Å²) in [7, 11) is 0. The van der Waals surface area contributed by atoms with Crippen LogP contribution in [-0.2, 0) is 4.74 Å². The molecule has 138 valence electrons. The van der Waals surface area contributed by atoms with Crippen LogP contribution in [0.1, 0.15) is 46.4 Å². The summed E-state index contributed by atoms with van der Waals surface area (Å²) in [5, 5.41) is 12.1. The van der Waals surface area contributed by atoms with Crippen molar-refractivity contribution in [3.63, 3.8) is 0 Å². The fourth-order valence-electron chi connectivity index (χ4n) is 2.41. The van der Waals surface area contributed by atoms with Gasteiger partial charge in [0.25, 0.3) is 0 Å². The third-order valence-corrected chi connectivity index (χ3v) is 3.91. The molecule has 0 amide bonds. The number of benzene rings is 2. The van der Waals surface area contributed by atoms with E-state index in [4.69, 9.17) is 15.6 Å². The SMILES string of the molecule is Nc1ccc(C(=O)OCCCCCCNc2ccc(C(=O)O)cc2)cc1. The first-order valence-electron chi connectivity index (χ1n) is 8.66. The van der Waals surface area contributed by atoms with Gasteiger partial charge < -0.3 is 20.9 Å². The number of carboxylic acids is 1. The van der Waals surface area contributed by atoms with Gasteiger partial charge in [0.2, 0.25) is 0 Å². The molecule has 0 aliphatic carbocycles. The molecule has 0 saturated heterocycles. The number of nitrogens with one attached hydrogen (secondary N) is 1. The maximum Gasteiger partial charge on any atom is 0.338 e. The average molecular weight is 356 g/mol. The molecule has 0 radical (unpaired) electrons. The van der Waals surface area contributed by atoms with Crippen molar-refractivity contribution in [2.75, 3.05) is 24.2 Å². The maximum atomic E-state index is 11.8. The number of ether oxygens (including phenoxy) is 1. The second-order valence-electron chi connectivity index (χ2n) is 5.98. The van der Waals surface area contributed by atoms with Gasteiger partial charge in [-0.15, -0.1) is 0 Å². The summed E-state index contributed by atoms with van der Waals surface area (Å²) in [5.41, 5.74) is 7.90. The fourth-order valence-corrected chi connectivity index (χ4v) is 2.41. The summed E-state index contributed by atoms with van der Waals surface area (Å²) in [4.78, 5) is 22.6. The summed E-state index contributed by atoms with van der Waals surface area (Å²) in [6.45, 7) is 1.23. The Kier molecular flexibility index (Phi) is 7.49. The van der Waals surface area contributed by atoms with Gasteiger partial charge in [-0.1, -0.05) is 6.42 Å². The molecule has 2 aromatic rings. The van der Waals surface area contributed by atoms with Crippen molar-refractivity contribution in [1.82, 2.24) is 0 Å². The van der Waals surface area contributed by atoms with E-state index >= 15 is 0 Å². The minimum absolute atomic E-state index is 0.282. The number of aromatic carboxylic acids is 1. The number of nitrogen functional groups attached to an aromatic ring is 1. The third kappa shape index (κ3) is 6.47. The third-order valence-electron chi connectivity index (χ3n) is 3.91. The van der Waals surface area contributed by atoms with Crippen LogP contribution in [-0.4, -0.2) is 30.2 Å². The van der Waals surface area contributed by atoms with Crippen LogP contribution < -0.4 is 11.1 Å². The summed E-state index contributed by atoms with van der Waals surface area (Å²) in [5.74, 6) is -1.25. The number of carboxylic acid groups (broad SMARTS) is 1. The molecule has 0 bridgehead atoms. The standard InChI is InChI=1S/C20H24N2O4/c21-17-9-5-16(6-10-17)20(25)26-14-4-2-1-3-13-22-18-11-7-15(8-12-18)19(23)24/h5-12,22H,1-4,13-14,21H2,(H,23,24). The molecular weight excluding hydrogens is 332 g/mol. The highest BCUT2D eigenvalue weighted by Crippen LogP contribution is 2.11. The number of hydrogen-bond donors (Lipinski definition) is 3. The van der Waals surface area contributed by atoms with Gasteiger partial charge in [-0.2, -0.15) is 0 Å². The molecule has 6 heteroatoms. The topological polar surface area (TPSA) is 102 Å². The zero-order chi connectivity index (χ0) is 18.8. The predicted molar refractivity (Wildman–Crippen MR) is 101 cm³/mol. The molecule has 0 atom stereocenters. The Balaban J connectivity index is 1.52. The Bertz CT molecular complexity index is 712. The minimum Gasteiger partial charge on any atom is -0.478 e. The van der Waals surface area contributed by atoms with Crippen LogP contribution in [0.4, 0.5) is 11.4 Å². The second kappa shape index (κ2) is 10.1. The van der Waals surface area contributed by atoms with Crippen molar-refractivity contribution in [3.05, 3.63) is 59.7 Å². The van der Waals surface area contributed by atoms with Gasteiger partial charge in [0.05, 0.1) is 17.7 Å². The summed E-state index contributed by atoms with van der Waals surface area (Å²) in [6.07, 6.45) is 3.83. The van der Waals surface area contributed by atoms with Gasteiger partial charge in [0.1, 0.15) is 0 Å². The maximum absolute atomic E-state index is 11.8. The molecule has 0 aromatic heterocycles. The molecular formula is C20H24N2O4. The van der Waals surface area contributed by atoms with Crippen molar-refractivity contribution in [1.29, 1.82) is 0 Å². The smallest absolute Gasteiger partial charge is 0.338 e. The number of unbranched alkanes of at least 4 members (excludes halogenated alkanes) is 3. The lowest BCUT2D eigenvalue weighted by molar-refractivity contribution is 0.0497. The van der Waals surface area contributed by atoms with E-state index in [1.54, 1.807) is 48.5 Å². The van der Waals surface area contributed by atoms with Gasteiger partial charge in [0.15, 0.2) is 0 Å². The molecule has 2 rings (SSSR count). The van der Waals surface area contributed by atoms with Crippen LogP contribution in [0.15, 0.2) is 48.5 Å². The molecule has 0 heterocycles. The fraction of sp³-hybridized carbons (Fsp3) is 0.300. The molecule has 4 N–H and O–H groups in total. The highest BCUT2D eigenvalue weighted by molar-refractivity contribution is 5.89. The number of rotatable bonds is 10. The van der Waals surface area contributed by atoms with E-state index in [0.717, 1.165) is 37.9 Å². The number of anilines is 2. The molecule has 0 saturated carbocycles. The van der Waals surface area contributed by atoms with Gasteiger partial charge in [-0.05, 0) is 67.8 Å². The van der Waals surface area contributed by atoms with Crippen LogP contribution in [0.3, 0.4) is 0 Å². The zero-order valence-corrected chi connectivity index (χ0v) is 14.6. The van der Waals surface area contributed by atoms with E-state index in [1.165, 1.54) is 0 Å². The van der Waals surface area contributed by atoms with Crippen molar-refractivity contribution < 1.29 is 19.4 Å². The average Bonchev–Trinajstić information content (AvgIpc) is 2.64. The zero-order valence-electron chi connectivity index (χ0n) is 14.6. The first-order valence-corrected chi connectivity index (χ1v) is 8.66. The predicted octanol–water partition coefficient (Wildman–Crippen LogP) is 3.80. The molecule has 0 aliphatic heterocycles. The molecule has 0 spiro atoms. The van der Waals surface area contributed by atoms with E-state index < -0.39 is 5.97 Å². The van der Waals surface area contributed by atoms with Crippen LogP contribution in [0.25, 0.3) is 0 Å². The van der Waals surface area contributed by atoms with Crippen molar-refractivity contribution >= 4 is 23.3 Å². The van der Waals surface area contributed by atoms with Gasteiger partial charge in [-0.3, -0.25) is 0 Å². The summed E-state index contributed by atoms with van der Waals surface area (Å²) >= 11 is 0. The Hall–Kier alpha value is -3.02. The normalized spacial score (nSPS) is 10.3. The van der Waals surface area contributed by atoms with Crippen LogP contribution >= 0.6 is 0 Å². The van der Waals surface area contributed by atoms with Crippen LogP contribution in [0.2, 0.25) is 0 Å². The van der Waals surface area contributed by atoms with Gasteiger partial charge >= 0.3 is 11.9 Å². The van der Waals surface area contributed by atoms with E-state index in [0.29, 0.717) is 17.9 Å². The Labute approximate surface area is 153 Å². The lowest BCUT2D eigenvalue weighted by atomic mass is 10.2. The number of esters is 1. The first kappa shape index (κ1) is 19.3. The lowest BCUT2D eigenvalue weighted by Crippen LogP contribution is -2.07. The molecule has 0 unspecified atom stereocenters. The highest BCUT2D eigenvalue weighted by atomic mass is 16.5. The van der Waals surface area contributed by atoms with Crippen molar-refractivity contribution in [3.8, 4) is 0 Å². The summed E-state index contributed by atoms with van der Waals surface area (Å²) < 4.78 is 5.23. The lowest BCUT2D eigenvalue weighted by Gasteiger charge is -2.07. The van der Waals surface area contributed by atoms with Gasteiger partial charge in [0, 0.05) is 17.9 Å². The molecule has 6 nitrogen and oxygen atoms in total. The number of nitrogens with two attached hydrogens (primary N) is 1. The Morgan fingerprint density at radius 1 is 0.885 bits per heavy atom. The number of carbonyl (C=O) groups excluding carboxylic acids is 1. The van der Waals surface area contributed by atoms with Crippen molar-refractivity contribution in [2.45, 2.75) is 25.7 Å². The molecule has 2 aromatic carbocycles. The minimum atomic E-state index is -0.923. The van der Waals surface area contributed by atoms with E-state index in [1.807, 2.05) is 0 Å². The molecule has 26 heavy (non-hydrogen) atoms. The van der Waals surface area contributed by atoms with Crippen LogP contribution in [0, 0.1) is 0 Å². The Morgan fingerprint density at radius 3 is 2.15 bits per heavy atom. The van der Waals surface area contributed by atoms with E-state index in [9.17, 15) is 9.59 Å². The van der Waals surface area contributed by atoms with Gasteiger partial charge in [-0.25, -0.2) is 9.59 Å². The highest BCUT2D eigenvalue weighted by Gasteiger charge is 2.06. The van der Waals surface area contributed by atoms with E-state index in [-0.39, 0.29) is 11.5 Å². The quantitative estimate of drug-likeness (QED) is 0.340. The molecule has 0 fully saturated rings. The summed E-state index contributed by atoms with van der Waals surface area (Å²) in [6, 6.07) is 13.4. The number of carbonyl (C=O) groups is 2.